The summed E-state index contributed by atoms with van der Waals surface area (Å²) in [5.74, 6) is 1.16. The second kappa shape index (κ2) is 7.47. The van der Waals surface area contributed by atoms with E-state index in [1.165, 1.54) is 14.2 Å². The summed E-state index contributed by atoms with van der Waals surface area (Å²) in [6, 6.07) is 4.83. The minimum Gasteiger partial charge on any atom is -0.497 e. The maximum Gasteiger partial charge on any atom is 0.214 e. The smallest absolute Gasteiger partial charge is 0.214 e. The van der Waals surface area contributed by atoms with E-state index < -0.39 is 16.1 Å². The highest BCUT2D eigenvalue weighted by atomic mass is 32.2. The predicted octanol–water partition coefficient (Wildman–Crippen LogP) is 1.33. The van der Waals surface area contributed by atoms with Gasteiger partial charge in [0.15, 0.2) is 0 Å². The van der Waals surface area contributed by atoms with Crippen LogP contribution in [0.25, 0.3) is 0 Å². The van der Waals surface area contributed by atoms with E-state index in [1.54, 1.807) is 32.2 Å². The van der Waals surface area contributed by atoms with Crippen molar-refractivity contribution in [2.24, 2.45) is 0 Å². The van der Waals surface area contributed by atoms with Crippen molar-refractivity contribution in [3.8, 4) is 11.5 Å². The lowest BCUT2D eigenvalue weighted by Crippen LogP contribution is -2.30. The average molecular weight is 303 g/mol. The van der Waals surface area contributed by atoms with Gasteiger partial charge in [0.1, 0.15) is 11.5 Å². The lowest BCUT2D eigenvalue weighted by atomic mass is 10.1. The first kappa shape index (κ1) is 16.7. The van der Waals surface area contributed by atoms with Crippen LogP contribution in [-0.2, 0) is 14.8 Å². The Hall–Kier alpha value is -1.31. The van der Waals surface area contributed by atoms with Crippen LogP contribution < -0.4 is 14.2 Å². The zero-order chi connectivity index (χ0) is 15.2. The fourth-order valence-electron chi connectivity index (χ4n) is 1.76. The Balaban J connectivity index is 2.93. The third kappa shape index (κ3) is 4.66. The number of sulfonamides is 1. The van der Waals surface area contributed by atoms with Crippen molar-refractivity contribution in [2.75, 3.05) is 33.7 Å². The maximum atomic E-state index is 11.9. The molecular weight excluding hydrogens is 282 g/mol. The Morgan fingerprint density at radius 1 is 1.20 bits per heavy atom. The van der Waals surface area contributed by atoms with E-state index in [0.717, 1.165) is 0 Å². The Labute approximate surface area is 120 Å². The average Bonchev–Trinajstić information content (AvgIpc) is 2.43. The number of nitrogens with one attached hydrogen (secondary N) is 1. The van der Waals surface area contributed by atoms with E-state index in [2.05, 4.69) is 4.72 Å². The van der Waals surface area contributed by atoms with Crippen LogP contribution in [0.4, 0.5) is 0 Å². The molecule has 114 valence electrons. The van der Waals surface area contributed by atoms with Gasteiger partial charge in [-0.15, -0.1) is 0 Å². The Morgan fingerprint density at radius 2 is 1.90 bits per heavy atom. The van der Waals surface area contributed by atoms with Crippen LogP contribution in [0, 0.1) is 0 Å². The zero-order valence-electron chi connectivity index (χ0n) is 12.2. The topological polar surface area (TPSA) is 73.9 Å². The summed E-state index contributed by atoms with van der Waals surface area (Å²) in [5, 5.41) is 0. The second-order valence-corrected chi connectivity index (χ2v) is 6.13. The van der Waals surface area contributed by atoms with E-state index in [4.69, 9.17) is 14.2 Å². The number of rotatable bonds is 8. The molecule has 1 aromatic carbocycles. The fraction of sp³-hybridized carbons (Fsp3) is 0.538. The highest BCUT2D eigenvalue weighted by molar-refractivity contribution is 7.89. The quantitative estimate of drug-likeness (QED) is 0.784. The molecule has 0 radical (unpaired) electrons. The highest BCUT2D eigenvalue weighted by Crippen LogP contribution is 2.29. The lowest BCUT2D eigenvalue weighted by Gasteiger charge is -2.18. The molecule has 0 saturated carbocycles. The molecule has 0 heterocycles. The number of ether oxygens (including phenoxy) is 3. The number of benzene rings is 1. The Bertz CT molecular complexity index is 530. The van der Waals surface area contributed by atoms with Gasteiger partial charge in [0.25, 0.3) is 0 Å². The number of hydrogen-bond acceptors (Lipinski definition) is 5. The van der Waals surface area contributed by atoms with Gasteiger partial charge >= 0.3 is 0 Å². The van der Waals surface area contributed by atoms with Gasteiger partial charge in [-0.05, 0) is 25.1 Å². The summed E-state index contributed by atoms with van der Waals surface area (Å²) >= 11 is 0. The third-order valence-corrected chi connectivity index (χ3v) is 4.23. The van der Waals surface area contributed by atoms with Crippen molar-refractivity contribution < 1.29 is 22.6 Å². The SMILES string of the molecule is COCCS(=O)(=O)NC(C)c1cc(OC)ccc1OC. The van der Waals surface area contributed by atoms with Gasteiger partial charge in [0.2, 0.25) is 10.0 Å². The van der Waals surface area contributed by atoms with Crippen molar-refractivity contribution in [1.29, 1.82) is 0 Å². The summed E-state index contributed by atoms with van der Waals surface area (Å²) in [7, 11) is 1.15. The molecule has 0 amide bonds. The Kier molecular flexibility index (Phi) is 6.25. The van der Waals surface area contributed by atoms with Gasteiger partial charge in [0, 0.05) is 18.7 Å². The maximum absolute atomic E-state index is 11.9. The van der Waals surface area contributed by atoms with Crippen LogP contribution in [0.5, 0.6) is 11.5 Å². The van der Waals surface area contributed by atoms with Crippen LogP contribution in [0.3, 0.4) is 0 Å². The molecule has 0 saturated heterocycles. The van der Waals surface area contributed by atoms with Crippen molar-refractivity contribution in [2.45, 2.75) is 13.0 Å². The van der Waals surface area contributed by atoms with Gasteiger partial charge in [-0.2, -0.15) is 0 Å². The summed E-state index contributed by atoms with van der Waals surface area (Å²) < 4.78 is 41.5. The van der Waals surface area contributed by atoms with Gasteiger partial charge in [-0.3, -0.25) is 0 Å². The van der Waals surface area contributed by atoms with Crippen LogP contribution in [0.2, 0.25) is 0 Å². The number of methoxy groups -OCH3 is 3. The molecule has 7 heteroatoms. The minimum atomic E-state index is -3.41. The first-order valence-electron chi connectivity index (χ1n) is 6.14. The minimum absolute atomic E-state index is 0.0832. The molecule has 1 unspecified atom stereocenters. The van der Waals surface area contributed by atoms with Crippen molar-refractivity contribution in [3.05, 3.63) is 23.8 Å². The molecule has 1 atom stereocenters. The molecule has 0 spiro atoms. The fourth-order valence-corrected chi connectivity index (χ4v) is 2.93. The largest absolute Gasteiger partial charge is 0.497 e. The standard InChI is InChI=1S/C13H21NO5S/c1-10(14-20(15,16)8-7-17-2)12-9-11(18-3)5-6-13(12)19-4/h5-6,9-10,14H,7-8H2,1-4H3. The Morgan fingerprint density at radius 3 is 2.45 bits per heavy atom. The summed E-state index contributed by atoms with van der Waals surface area (Å²) in [6.45, 7) is 1.90. The molecular formula is C13H21NO5S. The normalized spacial score (nSPS) is 13.0. The molecule has 0 aliphatic rings. The monoisotopic (exact) mass is 303 g/mol. The summed E-state index contributed by atoms with van der Waals surface area (Å²) in [5.41, 5.74) is 0.716. The zero-order valence-corrected chi connectivity index (χ0v) is 13.0. The van der Waals surface area contributed by atoms with Crippen LogP contribution in [0.1, 0.15) is 18.5 Å². The molecule has 20 heavy (non-hydrogen) atoms. The van der Waals surface area contributed by atoms with Crippen molar-refractivity contribution in [3.63, 3.8) is 0 Å². The molecule has 0 aliphatic carbocycles. The van der Waals surface area contributed by atoms with Crippen LogP contribution in [-0.4, -0.2) is 42.1 Å². The van der Waals surface area contributed by atoms with Crippen LogP contribution in [0.15, 0.2) is 18.2 Å². The second-order valence-electron chi connectivity index (χ2n) is 4.26. The van der Waals surface area contributed by atoms with Gasteiger partial charge in [-0.1, -0.05) is 0 Å². The van der Waals surface area contributed by atoms with Crippen molar-refractivity contribution in [1.82, 2.24) is 4.72 Å². The predicted molar refractivity (Wildman–Crippen MR) is 76.8 cm³/mol. The first-order chi connectivity index (χ1) is 9.43. The number of hydrogen-bond donors (Lipinski definition) is 1. The lowest BCUT2D eigenvalue weighted by molar-refractivity contribution is 0.216. The molecule has 0 fully saturated rings. The molecule has 0 aliphatic heterocycles. The molecule has 6 nitrogen and oxygen atoms in total. The van der Waals surface area contributed by atoms with Crippen LogP contribution >= 0.6 is 0 Å². The van der Waals surface area contributed by atoms with E-state index in [0.29, 0.717) is 17.1 Å². The molecule has 0 aromatic heterocycles. The molecule has 1 aromatic rings. The van der Waals surface area contributed by atoms with Gasteiger partial charge < -0.3 is 14.2 Å². The van der Waals surface area contributed by atoms with E-state index in [-0.39, 0.29) is 12.4 Å². The third-order valence-electron chi connectivity index (χ3n) is 2.82. The van der Waals surface area contributed by atoms with E-state index in [1.807, 2.05) is 0 Å². The first-order valence-corrected chi connectivity index (χ1v) is 7.79. The van der Waals surface area contributed by atoms with E-state index >= 15 is 0 Å². The molecule has 0 bridgehead atoms. The van der Waals surface area contributed by atoms with Crippen molar-refractivity contribution >= 4 is 10.0 Å². The molecule has 1 rings (SSSR count). The highest BCUT2D eigenvalue weighted by Gasteiger charge is 2.19. The van der Waals surface area contributed by atoms with Gasteiger partial charge in [-0.25, -0.2) is 13.1 Å². The summed E-state index contributed by atoms with van der Waals surface area (Å²) in [4.78, 5) is 0. The molecule has 1 N–H and O–H groups in total. The van der Waals surface area contributed by atoms with Gasteiger partial charge in [0.05, 0.1) is 26.6 Å². The van der Waals surface area contributed by atoms with E-state index in [9.17, 15) is 8.42 Å². The summed E-state index contributed by atoms with van der Waals surface area (Å²) in [6.07, 6.45) is 0.